The summed E-state index contributed by atoms with van der Waals surface area (Å²) in [5.41, 5.74) is 0.155. The quantitative estimate of drug-likeness (QED) is 0.925. The van der Waals surface area contributed by atoms with Gasteiger partial charge >= 0.3 is 5.97 Å². The van der Waals surface area contributed by atoms with Gasteiger partial charge in [0.25, 0.3) is 0 Å². The smallest absolute Gasteiger partial charge is 0.373 e. The topological polar surface area (TPSA) is 63.3 Å². The highest BCUT2D eigenvalue weighted by atomic mass is 19.1. The number of hydrogen-bond acceptors (Lipinski definition) is 3. The van der Waals surface area contributed by atoms with Crippen molar-refractivity contribution >= 4 is 5.97 Å². The van der Waals surface area contributed by atoms with E-state index in [2.05, 4.69) is 4.98 Å². The number of carbonyl (C=O) groups is 1. The van der Waals surface area contributed by atoms with Crippen molar-refractivity contribution in [2.45, 2.75) is 19.8 Å². The number of nitrogens with zero attached hydrogens (tertiary/aromatic N) is 1. The zero-order chi connectivity index (χ0) is 14.2. The van der Waals surface area contributed by atoms with Crippen LogP contribution in [0.1, 0.15) is 36.0 Å². The average Bonchev–Trinajstić information content (AvgIpc) is 2.73. The summed E-state index contributed by atoms with van der Waals surface area (Å²) >= 11 is 0. The molecule has 19 heavy (non-hydrogen) atoms. The summed E-state index contributed by atoms with van der Waals surface area (Å²) in [6.45, 7) is 3.49. The van der Waals surface area contributed by atoms with E-state index in [1.54, 1.807) is 13.8 Å². The van der Waals surface area contributed by atoms with Gasteiger partial charge in [-0.25, -0.2) is 18.6 Å². The minimum absolute atomic E-state index is 0.0733. The highest BCUT2D eigenvalue weighted by Gasteiger charge is 2.23. The van der Waals surface area contributed by atoms with E-state index in [-0.39, 0.29) is 28.8 Å². The van der Waals surface area contributed by atoms with Crippen LogP contribution in [0, 0.1) is 11.6 Å². The number of rotatable bonds is 3. The number of benzene rings is 1. The Bertz CT molecular complexity index is 635. The van der Waals surface area contributed by atoms with Gasteiger partial charge in [0.1, 0.15) is 11.6 Å². The van der Waals surface area contributed by atoms with Gasteiger partial charge in [-0.1, -0.05) is 13.8 Å². The molecule has 0 saturated heterocycles. The Morgan fingerprint density at radius 1 is 1.37 bits per heavy atom. The first-order chi connectivity index (χ1) is 8.90. The molecule has 0 radical (unpaired) electrons. The molecule has 0 atom stereocenters. The number of carboxylic acids is 1. The van der Waals surface area contributed by atoms with Crippen molar-refractivity contribution in [2.24, 2.45) is 0 Å². The van der Waals surface area contributed by atoms with Crippen LogP contribution in [0.25, 0.3) is 11.5 Å². The van der Waals surface area contributed by atoms with E-state index in [1.165, 1.54) is 0 Å². The van der Waals surface area contributed by atoms with Crippen molar-refractivity contribution in [3.8, 4) is 11.5 Å². The monoisotopic (exact) mass is 267 g/mol. The van der Waals surface area contributed by atoms with E-state index in [0.29, 0.717) is 6.07 Å². The highest BCUT2D eigenvalue weighted by Crippen LogP contribution is 2.28. The normalized spacial score (nSPS) is 11.0. The molecular formula is C13H11F2NO3. The average molecular weight is 267 g/mol. The molecule has 1 aromatic carbocycles. The molecule has 1 heterocycles. The van der Waals surface area contributed by atoms with E-state index in [1.807, 2.05) is 0 Å². The van der Waals surface area contributed by atoms with Crippen LogP contribution in [0.3, 0.4) is 0 Å². The van der Waals surface area contributed by atoms with Crippen molar-refractivity contribution < 1.29 is 23.1 Å². The van der Waals surface area contributed by atoms with Gasteiger partial charge in [0.15, 0.2) is 0 Å². The van der Waals surface area contributed by atoms with Gasteiger partial charge in [0.2, 0.25) is 11.7 Å². The zero-order valence-corrected chi connectivity index (χ0v) is 10.3. The number of carboxylic acid groups (broad SMARTS) is 1. The van der Waals surface area contributed by atoms with Crippen LogP contribution in [0.4, 0.5) is 8.78 Å². The molecule has 0 bridgehead atoms. The van der Waals surface area contributed by atoms with Crippen molar-refractivity contribution in [3.05, 3.63) is 41.3 Å². The Balaban J connectivity index is 2.57. The van der Waals surface area contributed by atoms with Gasteiger partial charge < -0.3 is 9.52 Å². The second-order valence-electron chi connectivity index (χ2n) is 4.32. The minimum atomic E-state index is -1.27. The van der Waals surface area contributed by atoms with Crippen molar-refractivity contribution in [3.63, 3.8) is 0 Å². The molecule has 0 fully saturated rings. The summed E-state index contributed by atoms with van der Waals surface area (Å²) < 4.78 is 31.5. The van der Waals surface area contributed by atoms with E-state index in [4.69, 9.17) is 9.52 Å². The standard InChI is InChI=1S/C13H11F2NO3/c1-6(2)10-11(13(17)18)19-12(16-10)8-4-3-7(14)5-9(8)15/h3-6H,1-2H3,(H,17,18). The summed E-state index contributed by atoms with van der Waals surface area (Å²) in [4.78, 5) is 15.0. The predicted octanol–water partition coefficient (Wildman–Crippen LogP) is 3.44. The van der Waals surface area contributed by atoms with E-state index in [0.717, 1.165) is 12.1 Å². The fraction of sp³-hybridized carbons (Fsp3) is 0.231. The predicted molar refractivity (Wildman–Crippen MR) is 62.9 cm³/mol. The third-order valence-electron chi connectivity index (χ3n) is 2.56. The van der Waals surface area contributed by atoms with Crippen LogP contribution in [0.15, 0.2) is 22.6 Å². The lowest BCUT2D eigenvalue weighted by Crippen LogP contribution is -2.01. The molecule has 0 unspecified atom stereocenters. The maximum Gasteiger partial charge on any atom is 0.373 e. The SMILES string of the molecule is CC(C)c1nc(-c2ccc(F)cc2F)oc1C(=O)O. The Morgan fingerprint density at radius 2 is 2.05 bits per heavy atom. The highest BCUT2D eigenvalue weighted by molar-refractivity contribution is 5.86. The maximum absolute atomic E-state index is 13.6. The first-order valence-corrected chi connectivity index (χ1v) is 5.59. The second kappa shape index (κ2) is 4.79. The number of aromatic nitrogens is 1. The third kappa shape index (κ3) is 2.47. The molecule has 0 amide bonds. The zero-order valence-electron chi connectivity index (χ0n) is 10.3. The van der Waals surface area contributed by atoms with Crippen LogP contribution in [-0.2, 0) is 0 Å². The summed E-state index contributed by atoms with van der Waals surface area (Å²) in [5, 5.41) is 9.00. The maximum atomic E-state index is 13.6. The van der Waals surface area contributed by atoms with Crippen LogP contribution >= 0.6 is 0 Å². The molecule has 100 valence electrons. The molecule has 0 saturated carbocycles. The Labute approximate surface area is 107 Å². The summed E-state index contributed by atoms with van der Waals surface area (Å²) in [6.07, 6.45) is 0. The summed E-state index contributed by atoms with van der Waals surface area (Å²) in [6, 6.07) is 2.90. The van der Waals surface area contributed by atoms with Crippen molar-refractivity contribution in [2.75, 3.05) is 0 Å². The van der Waals surface area contributed by atoms with Gasteiger partial charge in [0, 0.05) is 6.07 Å². The first kappa shape index (κ1) is 13.2. The number of oxazole rings is 1. The third-order valence-corrected chi connectivity index (χ3v) is 2.56. The Hall–Kier alpha value is -2.24. The number of halogens is 2. The molecule has 2 rings (SSSR count). The van der Waals surface area contributed by atoms with E-state index >= 15 is 0 Å². The lowest BCUT2D eigenvalue weighted by molar-refractivity contribution is 0.0661. The molecule has 0 spiro atoms. The Kier molecular flexibility index (Phi) is 3.33. The number of hydrogen-bond donors (Lipinski definition) is 1. The molecule has 0 aliphatic carbocycles. The van der Waals surface area contributed by atoms with Crippen LogP contribution in [0.5, 0.6) is 0 Å². The number of aromatic carboxylic acids is 1. The van der Waals surface area contributed by atoms with Gasteiger partial charge in [-0.15, -0.1) is 0 Å². The van der Waals surface area contributed by atoms with Crippen LogP contribution < -0.4 is 0 Å². The van der Waals surface area contributed by atoms with E-state index in [9.17, 15) is 13.6 Å². The molecule has 2 aromatic rings. The largest absolute Gasteiger partial charge is 0.475 e. The summed E-state index contributed by atoms with van der Waals surface area (Å²) in [7, 11) is 0. The van der Waals surface area contributed by atoms with Gasteiger partial charge in [-0.3, -0.25) is 0 Å². The molecule has 1 N–H and O–H groups in total. The molecule has 0 aliphatic heterocycles. The van der Waals surface area contributed by atoms with Crippen LogP contribution in [-0.4, -0.2) is 16.1 Å². The van der Waals surface area contributed by atoms with Crippen molar-refractivity contribution in [1.82, 2.24) is 4.98 Å². The lowest BCUT2D eigenvalue weighted by Gasteiger charge is -1.98. The summed E-state index contributed by atoms with van der Waals surface area (Å²) in [5.74, 6) is -3.53. The van der Waals surface area contributed by atoms with Gasteiger partial charge in [0.05, 0.1) is 11.3 Å². The molecule has 0 aliphatic rings. The molecular weight excluding hydrogens is 256 g/mol. The molecule has 4 nitrogen and oxygen atoms in total. The van der Waals surface area contributed by atoms with Gasteiger partial charge in [-0.05, 0) is 18.1 Å². The molecule has 1 aromatic heterocycles. The minimum Gasteiger partial charge on any atom is -0.475 e. The van der Waals surface area contributed by atoms with Crippen LogP contribution in [0.2, 0.25) is 0 Å². The fourth-order valence-electron chi connectivity index (χ4n) is 1.65. The van der Waals surface area contributed by atoms with Gasteiger partial charge in [-0.2, -0.15) is 0 Å². The van der Waals surface area contributed by atoms with E-state index < -0.39 is 17.6 Å². The first-order valence-electron chi connectivity index (χ1n) is 5.59. The lowest BCUT2D eigenvalue weighted by atomic mass is 10.1. The van der Waals surface area contributed by atoms with Crippen molar-refractivity contribution in [1.29, 1.82) is 0 Å². The molecule has 6 heteroatoms. The Morgan fingerprint density at radius 3 is 2.53 bits per heavy atom. The fourth-order valence-corrected chi connectivity index (χ4v) is 1.65. The second-order valence-corrected chi connectivity index (χ2v) is 4.32.